The molecule has 3 rings (SSSR count). The highest BCUT2D eigenvalue weighted by atomic mass is 32.1. The van der Waals surface area contributed by atoms with Crippen LogP contribution in [-0.2, 0) is 18.5 Å². The lowest BCUT2D eigenvalue weighted by Gasteiger charge is -2.17. The maximum Gasteiger partial charge on any atom is 0.435 e. The van der Waals surface area contributed by atoms with Crippen molar-refractivity contribution in [3.8, 4) is 5.69 Å². The van der Waals surface area contributed by atoms with Gasteiger partial charge in [-0.1, -0.05) is 4.49 Å². The number of aryl methyl sites for hydroxylation is 1. The van der Waals surface area contributed by atoms with E-state index in [0.717, 1.165) is 6.07 Å². The molecule has 32 heavy (non-hydrogen) atoms. The van der Waals surface area contributed by atoms with Gasteiger partial charge in [-0.3, -0.25) is 4.79 Å². The lowest BCUT2D eigenvalue weighted by Crippen LogP contribution is -2.19. The van der Waals surface area contributed by atoms with Crippen molar-refractivity contribution in [1.82, 2.24) is 19.4 Å². The van der Waals surface area contributed by atoms with Gasteiger partial charge in [-0.2, -0.15) is 44.6 Å². The summed E-state index contributed by atoms with van der Waals surface area (Å²) in [6.45, 7) is 1.41. The number of alkyl halides is 9. The van der Waals surface area contributed by atoms with E-state index in [0.29, 0.717) is 17.6 Å². The number of aromatic nitrogens is 4. The SMILES string of the molecule is Cc1nnsc1C(=O)Nc1ccc(-n2nc(C(F)(F)F)cc2C(F)(F)F)c(C(F)(F)F)c1. The standard InChI is InChI=1S/C16H8F9N5OS/c1-6-12(32-29-27-6)13(31)26-7-2-3-9(8(4-7)14(17,18)19)30-11(16(23,24)25)5-10(28-30)15(20,21)22/h2-5H,1H3,(H,26,31). The zero-order valence-corrected chi connectivity index (χ0v) is 16.1. The topological polar surface area (TPSA) is 72.7 Å². The molecule has 0 radical (unpaired) electrons. The molecule has 6 nitrogen and oxygen atoms in total. The number of benzene rings is 1. The van der Waals surface area contributed by atoms with Crippen LogP contribution in [-0.4, -0.2) is 25.3 Å². The third-order valence-electron chi connectivity index (χ3n) is 3.94. The van der Waals surface area contributed by atoms with Gasteiger partial charge in [0.1, 0.15) is 10.6 Å². The Hall–Kier alpha value is -3.17. The van der Waals surface area contributed by atoms with Crippen LogP contribution in [0.3, 0.4) is 0 Å². The van der Waals surface area contributed by atoms with Crippen molar-refractivity contribution in [2.45, 2.75) is 25.5 Å². The van der Waals surface area contributed by atoms with Crippen molar-refractivity contribution in [1.29, 1.82) is 0 Å². The second-order valence-corrected chi connectivity index (χ2v) is 6.95. The van der Waals surface area contributed by atoms with Crippen LogP contribution in [0.5, 0.6) is 0 Å². The van der Waals surface area contributed by atoms with Gasteiger partial charge in [-0.25, -0.2) is 4.68 Å². The van der Waals surface area contributed by atoms with Crippen LogP contribution in [0.25, 0.3) is 5.69 Å². The van der Waals surface area contributed by atoms with Crippen LogP contribution in [0.4, 0.5) is 45.2 Å². The molecule has 3 aromatic rings. The van der Waals surface area contributed by atoms with Crippen molar-refractivity contribution in [3.63, 3.8) is 0 Å². The summed E-state index contributed by atoms with van der Waals surface area (Å²) in [6.07, 6.45) is -16.1. The molecule has 0 aliphatic carbocycles. The molecule has 0 saturated heterocycles. The van der Waals surface area contributed by atoms with Crippen LogP contribution in [0.15, 0.2) is 24.3 Å². The number of amides is 1. The van der Waals surface area contributed by atoms with E-state index < -0.39 is 63.5 Å². The highest BCUT2D eigenvalue weighted by Gasteiger charge is 2.44. The average Bonchev–Trinajstić information content (AvgIpc) is 3.27. The van der Waals surface area contributed by atoms with Crippen molar-refractivity contribution < 1.29 is 44.3 Å². The monoisotopic (exact) mass is 489 g/mol. The van der Waals surface area contributed by atoms with E-state index in [2.05, 4.69) is 20.0 Å². The van der Waals surface area contributed by atoms with Crippen molar-refractivity contribution in [2.24, 2.45) is 0 Å². The number of hydrogen-bond donors (Lipinski definition) is 1. The largest absolute Gasteiger partial charge is 0.435 e. The Morgan fingerprint density at radius 3 is 2.12 bits per heavy atom. The summed E-state index contributed by atoms with van der Waals surface area (Å²) in [7, 11) is 0. The second-order valence-electron chi connectivity index (χ2n) is 6.19. The highest BCUT2D eigenvalue weighted by Crippen LogP contribution is 2.40. The Bertz CT molecular complexity index is 1160. The third kappa shape index (κ3) is 4.68. The number of hydrogen-bond acceptors (Lipinski definition) is 5. The normalized spacial score (nSPS) is 12.8. The van der Waals surface area contributed by atoms with Crippen LogP contribution in [0.2, 0.25) is 0 Å². The molecule has 1 amide bonds. The minimum atomic E-state index is -5.44. The van der Waals surface area contributed by atoms with Crippen LogP contribution in [0, 0.1) is 6.92 Å². The Labute approximate surface area is 175 Å². The Morgan fingerprint density at radius 2 is 1.62 bits per heavy atom. The van der Waals surface area contributed by atoms with Gasteiger partial charge in [-0.15, -0.1) is 5.10 Å². The van der Waals surface area contributed by atoms with Crippen LogP contribution >= 0.6 is 11.5 Å². The van der Waals surface area contributed by atoms with Gasteiger partial charge in [-0.05, 0) is 36.7 Å². The molecule has 0 spiro atoms. The molecule has 0 unspecified atom stereocenters. The van der Waals surface area contributed by atoms with Crippen LogP contribution in [0.1, 0.15) is 32.3 Å². The molecule has 2 aromatic heterocycles. The summed E-state index contributed by atoms with van der Waals surface area (Å²) in [5, 5.41) is 8.38. The molecule has 1 aromatic carbocycles. The lowest BCUT2D eigenvalue weighted by atomic mass is 10.1. The van der Waals surface area contributed by atoms with Gasteiger partial charge in [0.2, 0.25) is 0 Å². The number of carbonyl (C=O) groups is 1. The van der Waals surface area contributed by atoms with Gasteiger partial charge in [0.15, 0.2) is 5.69 Å². The third-order valence-corrected chi connectivity index (χ3v) is 4.76. The Morgan fingerprint density at radius 1 is 0.969 bits per heavy atom. The fourth-order valence-corrected chi connectivity index (χ4v) is 3.11. The van der Waals surface area contributed by atoms with Gasteiger partial charge >= 0.3 is 18.5 Å². The molecule has 2 heterocycles. The fourth-order valence-electron chi connectivity index (χ4n) is 2.56. The molecular formula is C16H8F9N5OS. The first-order chi connectivity index (χ1) is 14.6. The molecule has 0 atom stereocenters. The van der Waals surface area contributed by atoms with Gasteiger partial charge in [0, 0.05) is 11.8 Å². The van der Waals surface area contributed by atoms with Gasteiger partial charge in [0.25, 0.3) is 5.91 Å². The smallest absolute Gasteiger partial charge is 0.321 e. The second kappa shape index (κ2) is 7.75. The molecule has 0 saturated carbocycles. The van der Waals surface area contributed by atoms with Crippen LogP contribution < -0.4 is 5.32 Å². The molecule has 0 aliphatic rings. The Balaban J connectivity index is 2.13. The molecule has 172 valence electrons. The van der Waals surface area contributed by atoms with E-state index in [1.165, 1.54) is 6.92 Å². The quantitative estimate of drug-likeness (QED) is 0.505. The summed E-state index contributed by atoms with van der Waals surface area (Å²) in [5.74, 6) is -0.882. The van der Waals surface area contributed by atoms with Gasteiger partial charge in [0.05, 0.1) is 16.9 Å². The van der Waals surface area contributed by atoms with Gasteiger partial charge < -0.3 is 5.32 Å². The lowest BCUT2D eigenvalue weighted by molar-refractivity contribution is -0.145. The first-order valence-corrected chi connectivity index (χ1v) is 8.92. The predicted octanol–water partition coefficient (Wildman–Crippen LogP) is 5.34. The molecular weight excluding hydrogens is 481 g/mol. The summed E-state index contributed by atoms with van der Waals surface area (Å²) in [6, 6.07) is 1.15. The maximum absolute atomic E-state index is 13.6. The fraction of sp³-hybridized carbons (Fsp3) is 0.250. The highest BCUT2D eigenvalue weighted by molar-refractivity contribution is 7.08. The summed E-state index contributed by atoms with van der Waals surface area (Å²) >= 11 is 0.655. The van der Waals surface area contributed by atoms with E-state index in [9.17, 15) is 44.3 Å². The van der Waals surface area contributed by atoms with Crippen molar-refractivity contribution >= 4 is 23.1 Å². The van der Waals surface area contributed by atoms with E-state index in [-0.39, 0.29) is 16.6 Å². The number of nitrogens with one attached hydrogen (secondary N) is 1. The minimum absolute atomic E-state index is 0.0242. The minimum Gasteiger partial charge on any atom is -0.321 e. The summed E-state index contributed by atoms with van der Waals surface area (Å²) in [5.41, 5.74) is -7.44. The predicted molar refractivity (Wildman–Crippen MR) is 91.2 cm³/mol. The Kier molecular flexibility index (Phi) is 5.69. The number of nitrogens with zero attached hydrogens (tertiary/aromatic N) is 4. The first kappa shape index (κ1) is 23.5. The summed E-state index contributed by atoms with van der Waals surface area (Å²) in [4.78, 5) is 12.1. The number of halogens is 9. The first-order valence-electron chi connectivity index (χ1n) is 8.15. The van der Waals surface area contributed by atoms with Crippen molar-refractivity contribution in [3.05, 3.63) is 51.8 Å². The van der Waals surface area contributed by atoms with E-state index in [4.69, 9.17) is 0 Å². The zero-order chi connectivity index (χ0) is 24.1. The number of carbonyl (C=O) groups excluding carboxylic acids is 1. The van der Waals surface area contributed by atoms with E-state index in [1.54, 1.807) is 0 Å². The van der Waals surface area contributed by atoms with Crippen molar-refractivity contribution in [2.75, 3.05) is 5.32 Å². The zero-order valence-electron chi connectivity index (χ0n) is 15.3. The summed E-state index contributed by atoms with van der Waals surface area (Å²) < 4.78 is 122. The number of anilines is 1. The molecule has 0 aliphatic heterocycles. The van der Waals surface area contributed by atoms with E-state index >= 15 is 0 Å². The molecule has 16 heteroatoms. The maximum atomic E-state index is 13.6. The molecule has 1 N–H and O–H groups in total. The molecule has 0 bridgehead atoms. The average molecular weight is 489 g/mol. The molecule has 0 fully saturated rings. The number of rotatable bonds is 3. The van der Waals surface area contributed by atoms with E-state index in [1.807, 2.05) is 0 Å².